The molecule has 0 fully saturated rings. The Morgan fingerprint density at radius 2 is 1.96 bits per heavy atom. The van der Waals surface area contributed by atoms with Crippen molar-refractivity contribution in [3.8, 4) is 0 Å². The Labute approximate surface area is 145 Å². The van der Waals surface area contributed by atoms with Crippen molar-refractivity contribution in [3.05, 3.63) is 63.7 Å². The lowest BCUT2D eigenvalue weighted by atomic mass is 10.3. The van der Waals surface area contributed by atoms with Gasteiger partial charge < -0.3 is 10.6 Å². The predicted octanol–water partition coefficient (Wildman–Crippen LogP) is 4.60. The molecule has 2 N–H and O–H groups in total. The van der Waals surface area contributed by atoms with Gasteiger partial charge in [-0.2, -0.15) is 0 Å². The second kappa shape index (κ2) is 6.89. The van der Waals surface area contributed by atoms with Crippen LogP contribution < -0.4 is 10.6 Å². The van der Waals surface area contributed by atoms with Gasteiger partial charge in [0.25, 0.3) is 5.91 Å². The number of pyridine rings is 1. The van der Waals surface area contributed by atoms with Crippen molar-refractivity contribution in [2.24, 2.45) is 0 Å². The molecule has 3 rings (SSSR count). The molecule has 0 saturated carbocycles. The molecule has 0 unspecified atom stereocenters. The summed E-state index contributed by atoms with van der Waals surface area (Å²) in [6, 6.07) is 13.0. The Morgan fingerprint density at radius 3 is 2.65 bits per heavy atom. The number of thiazole rings is 1. The predicted molar refractivity (Wildman–Crippen MR) is 96.5 cm³/mol. The molecule has 0 saturated heterocycles. The molecule has 1 aromatic carbocycles. The van der Waals surface area contributed by atoms with E-state index in [0.717, 1.165) is 10.2 Å². The van der Waals surface area contributed by atoms with Crippen LogP contribution in [0.3, 0.4) is 0 Å². The summed E-state index contributed by atoms with van der Waals surface area (Å²) in [5.41, 5.74) is 1.42. The van der Waals surface area contributed by atoms with Crippen molar-refractivity contribution in [2.45, 2.75) is 6.92 Å². The van der Waals surface area contributed by atoms with Crippen LogP contribution in [0.25, 0.3) is 0 Å². The van der Waals surface area contributed by atoms with Gasteiger partial charge in [0.05, 0.1) is 5.69 Å². The van der Waals surface area contributed by atoms with Crippen LogP contribution in [0, 0.1) is 6.92 Å². The van der Waals surface area contributed by atoms with E-state index in [4.69, 9.17) is 0 Å². The topological polar surface area (TPSA) is 66.9 Å². The van der Waals surface area contributed by atoms with Crippen molar-refractivity contribution >= 4 is 49.8 Å². The first kappa shape index (κ1) is 15.6. The smallest absolute Gasteiger partial charge is 0.267 e. The fourth-order valence-electron chi connectivity index (χ4n) is 1.93. The van der Waals surface area contributed by atoms with Crippen molar-refractivity contribution < 1.29 is 4.79 Å². The van der Waals surface area contributed by atoms with Gasteiger partial charge in [0.15, 0.2) is 5.13 Å². The number of rotatable bonds is 4. The first-order valence-corrected chi connectivity index (χ1v) is 8.45. The molecule has 23 heavy (non-hydrogen) atoms. The summed E-state index contributed by atoms with van der Waals surface area (Å²) in [7, 11) is 0. The molecular formula is C16H13BrN4OS. The number of hydrogen-bond acceptors (Lipinski definition) is 5. The average Bonchev–Trinajstić information content (AvgIpc) is 2.91. The molecular weight excluding hydrogens is 376 g/mol. The normalized spacial score (nSPS) is 10.3. The van der Waals surface area contributed by atoms with Crippen LogP contribution in [0.2, 0.25) is 0 Å². The van der Waals surface area contributed by atoms with Gasteiger partial charge in [-0.3, -0.25) is 4.79 Å². The zero-order valence-corrected chi connectivity index (χ0v) is 14.6. The Bertz CT molecular complexity index is 818. The number of aryl methyl sites for hydroxylation is 1. The Hall–Kier alpha value is -2.25. The summed E-state index contributed by atoms with van der Waals surface area (Å²) in [5, 5.41) is 6.61. The monoisotopic (exact) mass is 388 g/mol. The summed E-state index contributed by atoms with van der Waals surface area (Å²) in [4.78, 5) is 21.5. The molecule has 7 heteroatoms. The molecule has 2 aromatic heterocycles. The Kier molecular flexibility index (Phi) is 4.68. The third-order valence-corrected chi connectivity index (χ3v) is 4.61. The van der Waals surface area contributed by atoms with Gasteiger partial charge >= 0.3 is 0 Å². The highest BCUT2D eigenvalue weighted by Gasteiger charge is 2.15. The second-order valence-corrected chi connectivity index (χ2v) is 6.65. The number of halogens is 1. The first-order valence-electron chi connectivity index (χ1n) is 6.84. The summed E-state index contributed by atoms with van der Waals surface area (Å²) in [6.45, 7) is 1.82. The van der Waals surface area contributed by atoms with Crippen LogP contribution in [0.1, 0.15) is 15.4 Å². The number of nitrogens with zero attached hydrogens (tertiary/aromatic N) is 2. The van der Waals surface area contributed by atoms with E-state index in [1.54, 1.807) is 6.20 Å². The molecule has 1 amide bonds. The highest BCUT2D eigenvalue weighted by atomic mass is 79.9. The number of hydrogen-bond donors (Lipinski definition) is 2. The summed E-state index contributed by atoms with van der Waals surface area (Å²) in [6.07, 6.45) is 1.70. The van der Waals surface area contributed by atoms with Crippen LogP contribution in [0.5, 0.6) is 0 Å². The third kappa shape index (κ3) is 3.94. The number of carbonyl (C=O) groups is 1. The summed E-state index contributed by atoms with van der Waals surface area (Å²) < 4.78 is 0.964. The molecule has 0 aliphatic carbocycles. The van der Waals surface area contributed by atoms with E-state index < -0.39 is 0 Å². The molecule has 116 valence electrons. The fraction of sp³-hybridized carbons (Fsp3) is 0.0625. The van der Waals surface area contributed by atoms with Crippen LogP contribution in [0.4, 0.5) is 16.6 Å². The van der Waals surface area contributed by atoms with Crippen molar-refractivity contribution in [2.75, 3.05) is 10.6 Å². The van der Waals surface area contributed by atoms with E-state index in [2.05, 4.69) is 36.5 Å². The molecule has 0 radical (unpaired) electrons. The minimum absolute atomic E-state index is 0.170. The van der Waals surface area contributed by atoms with Gasteiger partial charge in [-0.05, 0) is 43.3 Å². The van der Waals surface area contributed by atoms with Crippen LogP contribution in [-0.2, 0) is 0 Å². The van der Waals surface area contributed by atoms with Gasteiger partial charge in [0, 0.05) is 16.4 Å². The van der Waals surface area contributed by atoms with E-state index in [1.165, 1.54) is 11.3 Å². The zero-order valence-electron chi connectivity index (χ0n) is 12.2. The second-order valence-electron chi connectivity index (χ2n) is 4.73. The van der Waals surface area contributed by atoms with Crippen molar-refractivity contribution in [1.82, 2.24) is 9.97 Å². The number of nitrogens with one attached hydrogen (secondary N) is 2. The van der Waals surface area contributed by atoms with E-state index in [-0.39, 0.29) is 5.91 Å². The number of amides is 1. The summed E-state index contributed by atoms with van der Waals surface area (Å²) >= 11 is 4.67. The molecule has 0 atom stereocenters. The van der Waals surface area contributed by atoms with Gasteiger partial charge in [0.1, 0.15) is 10.7 Å². The SMILES string of the molecule is Cc1nc(Nc2ccccn2)sc1C(=O)Nc1ccc(Br)cc1. The molecule has 0 bridgehead atoms. The zero-order chi connectivity index (χ0) is 16.2. The Balaban J connectivity index is 1.75. The van der Waals surface area contributed by atoms with E-state index in [1.807, 2.05) is 49.4 Å². The lowest BCUT2D eigenvalue weighted by Crippen LogP contribution is -2.11. The lowest BCUT2D eigenvalue weighted by molar-refractivity contribution is 0.103. The first-order chi connectivity index (χ1) is 11.1. The van der Waals surface area contributed by atoms with Gasteiger partial charge in [-0.25, -0.2) is 9.97 Å². The highest BCUT2D eigenvalue weighted by molar-refractivity contribution is 9.10. The molecule has 3 aromatic rings. The molecule has 5 nitrogen and oxygen atoms in total. The lowest BCUT2D eigenvalue weighted by Gasteiger charge is -2.03. The van der Waals surface area contributed by atoms with Crippen LogP contribution in [-0.4, -0.2) is 15.9 Å². The minimum atomic E-state index is -0.170. The maximum Gasteiger partial charge on any atom is 0.267 e. The third-order valence-electron chi connectivity index (χ3n) is 3.00. The number of anilines is 3. The molecule has 0 aliphatic heterocycles. The van der Waals surface area contributed by atoms with E-state index in [0.29, 0.717) is 21.5 Å². The van der Waals surface area contributed by atoms with Gasteiger partial charge in [-0.15, -0.1) is 0 Å². The highest BCUT2D eigenvalue weighted by Crippen LogP contribution is 2.26. The van der Waals surface area contributed by atoms with E-state index in [9.17, 15) is 4.79 Å². The average molecular weight is 389 g/mol. The van der Waals surface area contributed by atoms with Gasteiger partial charge in [0.2, 0.25) is 0 Å². The van der Waals surface area contributed by atoms with E-state index >= 15 is 0 Å². The molecule has 0 aliphatic rings. The quantitative estimate of drug-likeness (QED) is 0.684. The summed E-state index contributed by atoms with van der Waals surface area (Å²) in [5.74, 6) is 0.525. The Morgan fingerprint density at radius 1 is 1.17 bits per heavy atom. The van der Waals surface area contributed by atoms with Crippen molar-refractivity contribution in [3.63, 3.8) is 0 Å². The standard InChI is InChI=1S/C16H13BrN4OS/c1-10-14(15(22)20-12-7-5-11(17)6-8-12)23-16(19-10)21-13-4-2-3-9-18-13/h2-9H,1H3,(H,20,22)(H,18,19,21). The number of benzene rings is 1. The number of carbonyl (C=O) groups excluding carboxylic acids is 1. The van der Waals surface area contributed by atoms with Crippen molar-refractivity contribution in [1.29, 1.82) is 0 Å². The molecule has 0 spiro atoms. The largest absolute Gasteiger partial charge is 0.321 e. The number of aromatic nitrogens is 2. The van der Waals surface area contributed by atoms with Crippen LogP contribution in [0.15, 0.2) is 53.1 Å². The fourth-order valence-corrected chi connectivity index (χ4v) is 3.06. The molecule has 2 heterocycles. The maximum absolute atomic E-state index is 12.4. The minimum Gasteiger partial charge on any atom is -0.321 e. The van der Waals surface area contributed by atoms with Crippen LogP contribution >= 0.6 is 27.3 Å². The maximum atomic E-state index is 12.4. The van der Waals surface area contributed by atoms with Gasteiger partial charge in [-0.1, -0.05) is 33.3 Å².